The van der Waals surface area contributed by atoms with E-state index in [9.17, 15) is 0 Å². The van der Waals surface area contributed by atoms with Crippen LogP contribution in [0.2, 0.25) is 0 Å². The van der Waals surface area contributed by atoms with Gasteiger partial charge in [0.2, 0.25) is 0 Å². The number of pyridine rings is 2. The van der Waals surface area contributed by atoms with Crippen LogP contribution in [-0.4, -0.2) is 9.97 Å². The Morgan fingerprint density at radius 1 is 0.400 bits per heavy atom. The molecule has 5 heteroatoms. The fourth-order valence-corrected chi connectivity index (χ4v) is 8.03. The summed E-state index contributed by atoms with van der Waals surface area (Å²) < 4.78 is 12.7. The fourth-order valence-electron chi connectivity index (χ4n) is 8.03. The summed E-state index contributed by atoms with van der Waals surface area (Å²) in [5.41, 5.74) is 13.9. The molecule has 4 aromatic heterocycles. The Bertz CT molecular complexity index is 3040. The van der Waals surface area contributed by atoms with E-state index >= 15 is 0 Å². The highest BCUT2D eigenvalue weighted by molar-refractivity contribution is 6.10. The lowest BCUT2D eigenvalue weighted by Crippen LogP contribution is -2.10. The van der Waals surface area contributed by atoms with Crippen LogP contribution in [0.4, 0.5) is 17.1 Å². The first kappa shape index (κ1) is 31.1. The standard InChI is InChI=1S/C50H31N3O2/c1-2-9-32(10-3-1)45-30-38(29-35-11-4-5-12-39(35)45)53(36-22-18-33(19-23-36)40-13-6-15-43-42-26-28-51-31-47(42)55-49(40)43)37-24-20-34(21-25-37)41-14-7-16-44-48-46(54-50(41)44)17-8-27-52-48/h1-31H. The molecule has 0 radical (unpaired) electrons. The molecule has 0 unspecified atom stereocenters. The van der Waals surface area contributed by atoms with Gasteiger partial charge in [-0.05, 0) is 93.7 Å². The van der Waals surface area contributed by atoms with Crippen LogP contribution in [0.1, 0.15) is 0 Å². The monoisotopic (exact) mass is 705 g/mol. The Labute approximate surface area is 316 Å². The maximum absolute atomic E-state index is 6.36. The van der Waals surface area contributed by atoms with Gasteiger partial charge in [-0.15, -0.1) is 0 Å². The normalized spacial score (nSPS) is 11.6. The van der Waals surface area contributed by atoms with Gasteiger partial charge in [-0.3, -0.25) is 9.97 Å². The number of nitrogens with zero attached hydrogens (tertiary/aromatic N) is 3. The zero-order valence-electron chi connectivity index (χ0n) is 29.6. The van der Waals surface area contributed by atoms with Crippen molar-refractivity contribution in [3.8, 4) is 33.4 Å². The number of aromatic nitrogens is 2. The molecule has 258 valence electrons. The largest absolute Gasteiger partial charge is 0.454 e. The lowest BCUT2D eigenvalue weighted by atomic mass is 9.96. The van der Waals surface area contributed by atoms with Gasteiger partial charge in [0, 0.05) is 56.7 Å². The van der Waals surface area contributed by atoms with Crippen molar-refractivity contribution < 1.29 is 8.83 Å². The number of hydrogen-bond donors (Lipinski definition) is 0. The molecule has 0 amide bonds. The zero-order chi connectivity index (χ0) is 36.3. The molecule has 11 rings (SSSR count). The van der Waals surface area contributed by atoms with Crippen LogP contribution in [0.5, 0.6) is 0 Å². The van der Waals surface area contributed by atoms with E-state index in [2.05, 4.69) is 167 Å². The lowest BCUT2D eigenvalue weighted by Gasteiger charge is -2.27. The topological polar surface area (TPSA) is 55.3 Å². The lowest BCUT2D eigenvalue weighted by molar-refractivity contribution is 0.668. The van der Waals surface area contributed by atoms with Gasteiger partial charge in [-0.1, -0.05) is 109 Å². The third-order valence-electron chi connectivity index (χ3n) is 10.6. The van der Waals surface area contributed by atoms with Gasteiger partial charge in [-0.2, -0.15) is 0 Å². The predicted molar refractivity (Wildman–Crippen MR) is 225 cm³/mol. The molecular formula is C50H31N3O2. The molecule has 55 heavy (non-hydrogen) atoms. The van der Waals surface area contributed by atoms with Crippen molar-refractivity contribution in [2.75, 3.05) is 4.90 Å². The van der Waals surface area contributed by atoms with Gasteiger partial charge in [0.25, 0.3) is 0 Å². The molecule has 11 aromatic rings. The summed E-state index contributed by atoms with van der Waals surface area (Å²) in [7, 11) is 0. The minimum atomic E-state index is 0.787. The summed E-state index contributed by atoms with van der Waals surface area (Å²) in [6.07, 6.45) is 5.41. The first-order chi connectivity index (χ1) is 27.3. The van der Waals surface area contributed by atoms with Crippen molar-refractivity contribution in [2.45, 2.75) is 0 Å². The van der Waals surface area contributed by atoms with Crippen molar-refractivity contribution in [3.63, 3.8) is 0 Å². The number of para-hydroxylation sites is 2. The molecule has 0 fully saturated rings. The number of fused-ring (bicyclic) bond motifs is 7. The van der Waals surface area contributed by atoms with Gasteiger partial charge in [0.15, 0.2) is 11.2 Å². The molecule has 0 aliphatic carbocycles. The second-order valence-corrected chi connectivity index (χ2v) is 13.8. The van der Waals surface area contributed by atoms with Crippen LogP contribution >= 0.6 is 0 Å². The van der Waals surface area contributed by atoms with Crippen molar-refractivity contribution in [1.82, 2.24) is 9.97 Å². The van der Waals surface area contributed by atoms with Gasteiger partial charge in [-0.25, -0.2) is 0 Å². The Hall–Kier alpha value is -7.50. The van der Waals surface area contributed by atoms with Gasteiger partial charge in [0.05, 0.1) is 6.20 Å². The maximum atomic E-state index is 6.36. The Balaban J connectivity index is 1.06. The average Bonchev–Trinajstić information content (AvgIpc) is 3.83. The van der Waals surface area contributed by atoms with E-state index in [0.29, 0.717) is 0 Å². The Kier molecular flexibility index (Phi) is 7.10. The highest BCUT2D eigenvalue weighted by Crippen LogP contribution is 2.43. The molecule has 4 heterocycles. The van der Waals surface area contributed by atoms with Gasteiger partial charge >= 0.3 is 0 Å². The zero-order valence-corrected chi connectivity index (χ0v) is 29.6. The van der Waals surface area contributed by atoms with Crippen molar-refractivity contribution in [3.05, 3.63) is 188 Å². The fraction of sp³-hybridized carbons (Fsp3) is 0. The molecule has 0 saturated heterocycles. The minimum absolute atomic E-state index is 0.787. The quantitative estimate of drug-likeness (QED) is 0.172. The minimum Gasteiger partial charge on any atom is -0.454 e. The molecule has 0 aliphatic heterocycles. The van der Waals surface area contributed by atoms with Crippen LogP contribution in [0.3, 0.4) is 0 Å². The summed E-state index contributed by atoms with van der Waals surface area (Å²) in [5.74, 6) is 0. The van der Waals surface area contributed by atoms with Crippen molar-refractivity contribution >= 4 is 71.8 Å². The van der Waals surface area contributed by atoms with Crippen molar-refractivity contribution in [1.29, 1.82) is 0 Å². The first-order valence-electron chi connectivity index (χ1n) is 18.4. The summed E-state index contributed by atoms with van der Waals surface area (Å²) in [4.78, 5) is 11.2. The van der Waals surface area contributed by atoms with E-state index in [1.54, 1.807) is 6.20 Å². The predicted octanol–water partition coefficient (Wildman–Crippen LogP) is 13.9. The van der Waals surface area contributed by atoms with Crippen LogP contribution < -0.4 is 4.90 Å². The SMILES string of the molecule is c1ccc(-c2cc(N(c3ccc(-c4cccc5c4oc4cnccc45)cc3)c3ccc(-c4cccc5c4oc4cccnc45)cc3)cc3ccccc23)cc1. The van der Waals surface area contributed by atoms with E-state index in [4.69, 9.17) is 8.83 Å². The first-order valence-corrected chi connectivity index (χ1v) is 18.4. The van der Waals surface area contributed by atoms with E-state index in [1.807, 2.05) is 30.6 Å². The summed E-state index contributed by atoms with van der Waals surface area (Å²) in [6.45, 7) is 0. The third kappa shape index (κ3) is 5.17. The molecular weight excluding hydrogens is 675 g/mol. The number of hydrogen-bond acceptors (Lipinski definition) is 5. The Morgan fingerprint density at radius 2 is 1.04 bits per heavy atom. The van der Waals surface area contributed by atoms with E-state index < -0.39 is 0 Å². The number of furan rings is 2. The second kappa shape index (κ2) is 12.6. The molecule has 7 aromatic carbocycles. The van der Waals surface area contributed by atoms with Gasteiger partial charge < -0.3 is 13.7 Å². The summed E-state index contributed by atoms with van der Waals surface area (Å²) >= 11 is 0. The Morgan fingerprint density at radius 3 is 1.80 bits per heavy atom. The molecule has 0 bridgehead atoms. The number of rotatable bonds is 6. The highest BCUT2D eigenvalue weighted by Gasteiger charge is 2.19. The summed E-state index contributed by atoms with van der Waals surface area (Å²) in [6, 6.07) is 59.9. The van der Waals surface area contributed by atoms with E-state index in [-0.39, 0.29) is 0 Å². The van der Waals surface area contributed by atoms with E-state index in [0.717, 1.165) is 83.3 Å². The third-order valence-corrected chi connectivity index (χ3v) is 10.6. The molecule has 0 saturated carbocycles. The molecule has 5 nitrogen and oxygen atoms in total. The number of anilines is 3. The molecule has 0 atom stereocenters. The van der Waals surface area contributed by atoms with Crippen LogP contribution in [-0.2, 0) is 0 Å². The maximum Gasteiger partial charge on any atom is 0.153 e. The molecule has 0 N–H and O–H groups in total. The van der Waals surface area contributed by atoms with Crippen LogP contribution in [0.15, 0.2) is 197 Å². The van der Waals surface area contributed by atoms with Crippen molar-refractivity contribution in [2.24, 2.45) is 0 Å². The van der Waals surface area contributed by atoms with Crippen LogP contribution in [0.25, 0.3) is 88.2 Å². The summed E-state index contributed by atoms with van der Waals surface area (Å²) in [5, 5.41) is 5.55. The highest BCUT2D eigenvalue weighted by atomic mass is 16.3. The van der Waals surface area contributed by atoms with Gasteiger partial charge in [0.1, 0.15) is 16.7 Å². The smallest absolute Gasteiger partial charge is 0.153 e. The molecule has 0 spiro atoms. The second-order valence-electron chi connectivity index (χ2n) is 13.8. The average molecular weight is 706 g/mol. The number of benzene rings is 7. The van der Waals surface area contributed by atoms with E-state index in [1.165, 1.54) is 21.9 Å². The van der Waals surface area contributed by atoms with Crippen LogP contribution in [0, 0.1) is 0 Å². The molecule has 0 aliphatic rings.